The molecule has 166 valence electrons. The molecular weight excluding hydrogens is 430 g/mol. The second kappa shape index (κ2) is 9.54. The quantitative estimate of drug-likeness (QED) is 0.456. The minimum Gasteiger partial charge on any atom is -0.443 e. The van der Waals surface area contributed by atoms with E-state index in [0.29, 0.717) is 26.3 Å². The van der Waals surface area contributed by atoms with E-state index < -0.39 is 42.4 Å². The molecule has 4 rings (SSSR count). The van der Waals surface area contributed by atoms with Crippen LogP contribution in [0.15, 0.2) is 24.3 Å². The van der Waals surface area contributed by atoms with Gasteiger partial charge in [-0.15, -0.1) is 12.4 Å². The highest BCUT2D eigenvalue weighted by molar-refractivity contribution is 6.23. The minimum absolute atomic E-state index is 0. The molecule has 3 heterocycles. The molecule has 11 heteroatoms. The molecule has 0 radical (unpaired) electrons. The van der Waals surface area contributed by atoms with Crippen molar-refractivity contribution < 1.29 is 33.4 Å². The number of piperidine rings is 1. The van der Waals surface area contributed by atoms with Crippen molar-refractivity contribution >= 4 is 42.0 Å². The van der Waals surface area contributed by atoms with E-state index in [-0.39, 0.29) is 42.9 Å². The molecule has 0 bridgehead atoms. The second-order valence-corrected chi connectivity index (χ2v) is 7.27. The van der Waals surface area contributed by atoms with E-state index in [1.54, 1.807) is 12.1 Å². The van der Waals surface area contributed by atoms with E-state index in [0.717, 1.165) is 9.80 Å². The van der Waals surface area contributed by atoms with Gasteiger partial charge in [-0.05, 0) is 18.6 Å². The van der Waals surface area contributed by atoms with Crippen molar-refractivity contribution in [3.63, 3.8) is 0 Å². The van der Waals surface area contributed by atoms with Gasteiger partial charge in [0.1, 0.15) is 6.04 Å². The van der Waals surface area contributed by atoms with Crippen molar-refractivity contribution in [3.05, 3.63) is 35.4 Å². The molecule has 3 aliphatic rings. The first-order chi connectivity index (χ1) is 14.5. The summed E-state index contributed by atoms with van der Waals surface area (Å²) in [6.45, 7) is 1.73. The number of carbonyl (C=O) groups excluding carboxylic acids is 5. The number of imide groups is 2. The van der Waals surface area contributed by atoms with Gasteiger partial charge in [-0.1, -0.05) is 12.1 Å². The predicted molar refractivity (Wildman–Crippen MR) is 107 cm³/mol. The van der Waals surface area contributed by atoms with Crippen LogP contribution in [0.25, 0.3) is 0 Å². The van der Waals surface area contributed by atoms with E-state index >= 15 is 0 Å². The summed E-state index contributed by atoms with van der Waals surface area (Å²) >= 11 is 0. The molecule has 1 atom stereocenters. The highest BCUT2D eigenvalue weighted by Gasteiger charge is 2.47. The van der Waals surface area contributed by atoms with Crippen LogP contribution in [0.1, 0.15) is 33.6 Å². The highest BCUT2D eigenvalue weighted by atomic mass is 35.5. The Hall–Kier alpha value is -2.82. The number of likely N-dealkylation sites (tertiary alicyclic amines) is 1. The lowest BCUT2D eigenvalue weighted by molar-refractivity contribution is -0.164. The predicted octanol–water partition coefficient (Wildman–Crippen LogP) is 0.0549. The summed E-state index contributed by atoms with van der Waals surface area (Å²) in [7, 11) is 0. The number of fused-ring (bicyclic) bond motifs is 1. The van der Waals surface area contributed by atoms with E-state index in [1.165, 1.54) is 12.1 Å². The summed E-state index contributed by atoms with van der Waals surface area (Å²) in [5.41, 5.74) is 0.464. The topological polar surface area (TPSA) is 114 Å². The summed E-state index contributed by atoms with van der Waals surface area (Å²) in [6, 6.07) is 5.23. The second-order valence-electron chi connectivity index (χ2n) is 7.27. The third kappa shape index (κ3) is 4.46. The zero-order valence-electron chi connectivity index (χ0n) is 16.7. The van der Waals surface area contributed by atoms with Gasteiger partial charge in [-0.3, -0.25) is 33.8 Å². The maximum Gasteiger partial charge on any atom is 0.321 e. The number of hydrogen-bond acceptors (Lipinski definition) is 8. The van der Waals surface area contributed by atoms with Crippen LogP contribution >= 0.6 is 12.4 Å². The lowest BCUT2D eigenvalue weighted by Gasteiger charge is -2.34. The van der Waals surface area contributed by atoms with Gasteiger partial charge >= 0.3 is 5.97 Å². The molecule has 2 fully saturated rings. The Morgan fingerprint density at radius 2 is 1.65 bits per heavy atom. The van der Waals surface area contributed by atoms with E-state index in [2.05, 4.69) is 0 Å². The standard InChI is InChI=1S/C20H21N3O7.ClH/c24-16-6-5-15(23-18(26)13-3-1-2-4-14(13)19(23)27)20(28)22(16)12-30-17(25)11-21-7-9-29-10-8-21;/h1-4,15H,5-12H2;1H. The lowest BCUT2D eigenvalue weighted by Crippen LogP contribution is -2.56. The van der Waals surface area contributed by atoms with E-state index in [4.69, 9.17) is 9.47 Å². The average molecular weight is 452 g/mol. The Kier molecular flexibility index (Phi) is 7.04. The Morgan fingerprint density at radius 3 is 2.26 bits per heavy atom. The average Bonchev–Trinajstić information content (AvgIpc) is 3.00. The van der Waals surface area contributed by atoms with E-state index in [9.17, 15) is 24.0 Å². The number of nitrogens with zero attached hydrogens (tertiary/aromatic N) is 3. The van der Waals surface area contributed by atoms with Gasteiger partial charge in [0.15, 0.2) is 6.73 Å². The van der Waals surface area contributed by atoms with Gasteiger partial charge in [0.2, 0.25) is 5.91 Å². The number of rotatable bonds is 5. The van der Waals surface area contributed by atoms with Crippen LogP contribution in [0.2, 0.25) is 0 Å². The summed E-state index contributed by atoms with van der Waals surface area (Å²) in [6.07, 6.45) is 0.00614. The van der Waals surface area contributed by atoms with Crippen LogP contribution in [0.4, 0.5) is 0 Å². The number of morpholine rings is 1. The maximum absolute atomic E-state index is 12.9. The fourth-order valence-electron chi connectivity index (χ4n) is 3.81. The molecule has 0 N–H and O–H groups in total. The Morgan fingerprint density at radius 1 is 1.03 bits per heavy atom. The first-order valence-electron chi connectivity index (χ1n) is 9.74. The molecule has 0 aliphatic carbocycles. The summed E-state index contributed by atoms with van der Waals surface area (Å²) < 4.78 is 10.3. The largest absolute Gasteiger partial charge is 0.443 e. The molecule has 4 amide bonds. The highest BCUT2D eigenvalue weighted by Crippen LogP contribution is 2.28. The smallest absolute Gasteiger partial charge is 0.321 e. The summed E-state index contributed by atoms with van der Waals surface area (Å²) in [5, 5.41) is 0. The van der Waals surface area contributed by atoms with Crippen LogP contribution in [0.3, 0.4) is 0 Å². The number of halogens is 1. The Bertz CT molecular complexity index is 881. The molecule has 1 unspecified atom stereocenters. The number of benzene rings is 1. The number of amides is 4. The van der Waals surface area contributed by atoms with Crippen molar-refractivity contribution in [1.82, 2.24) is 14.7 Å². The first-order valence-corrected chi connectivity index (χ1v) is 9.74. The van der Waals surface area contributed by atoms with Crippen molar-refractivity contribution in [2.45, 2.75) is 18.9 Å². The van der Waals surface area contributed by atoms with Crippen LogP contribution < -0.4 is 0 Å². The Labute approximate surface area is 184 Å². The van der Waals surface area contributed by atoms with Gasteiger partial charge in [0, 0.05) is 19.5 Å². The van der Waals surface area contributed by atoms with Gasteiger partial charge in [-0.2, -0.15) is 0 Å². The number of esters is 1. The van der Waals surface area contributed by atoms with Crippen LogP contribution in [-0.4, -0.2) is 89.9 Å². The van der Waals surface area contributed by atoms with Crippen molar-refractivity contribution in [3.8, 4) is 0 Å². The van der Waals surface area contributed by atoms with Crippen molar-refractivity contribution in [1.29, 1.82) is 0 Å². The van der Waals surface area contributed by atoms with Gasteiger partial charge in [0.25, 0.3) is 17.7 Å². The monoisotopic (exact) mass is 451 g/mol. The molecule has 1 aromatic carbocycles. The van der Waals surface area contributed by atoms with Gasteiger partial charge in [0.05, 0.1) is 30.9 Å². The fourth-order valence-corrected chi connectivity index (χ4v) is 3.81. The molecule has 0 spiro atoms. The van der Waals surface area contributed by atoms with Crippen LogP contribution in [0.5, 0.6) is 0 Å². The number of hydrogen-bond donors (Lipinski definition) is 0. The molecule has 0 saturated carbocycles. The molecule has 2 saturated heterocycles. The zero-order valence-corrected chi connectivity index (χ0v) is 17.5. The summed E-state index contributed by atoms with van der Waals surface area (Å²) in [5.74, 6) is -2.92. The lowest BCUT2D eigenvalue weighted by atomic mass is 10.0. The van der Waals surface area contributed by atoms with Gasteiger partial charge < -0.3 is 9.47 Å². The maximum atomic E-state index is 12.9. The molecule has 3 aliphatic heterocycles. The summed E-state index contributed by atoms with van der Waals surface area (Å²) in [4.78, 5) is 66.2. The number of carbonyl (C=O) groups is 5. The molecule has 1 aromatic rings. The van der Waals surface area contributed by atoms with Crippen LogP contribution in [-0.2, 0) is 23.9 Å². The molecular formula is C20H22ClN3O7. The fraction of sp³-hybridized carbons (Fsp3) is 0.450. The van der Waals surface area contributed by atoms with Crippen LogP contribution in [0, 0.1) is 0 Å². The molecule has 0 aromatic heterocycles. The molecule has 31 heavy (non-hydrogen) atoms. The van der Waals surface area contributed by atoms with E-state index in [1.807, 2.05) is 4.90 Å². The third-order valence-electron chi connectivity index (χ3n) is 5.43. The first kappa shape index (κ1) is 22.9. The van der Waals surface area contributed by atoms with Crippen molar-refractivity contribution in [2.75, 3.05) is 39.6 Å². The normalized spacial score (nSPS) is 21.7. The Balaban J connectivity index is 0.00000272. The SMILES string of the molecule is Cl.O=C(CN1CCOCC1)OCN1C(=O)CCC(N2C(=O)c3ccccc3C2=O)C1=O. The number of ether oxygens (including phenoxy) is 2. The van der Waals surface area contributed by atoms with Gasteiger partial charge in [-0.25, -0.2) is 4.90 Å². The molecule has 10 nitrogen and oxygen atoms in total. The zero-order chi connectivity index (χ0) is 21.3. The minimum atomic E-state index is -1.10. The van der Waals surface area contributed by atoms with Crippen molar-refractivity contribution in [2.24, 2.45) is 0 Å². The third-order valence-corrected chi connectivity index (χ3v) is 5.43.